The van der Waals surface area contributed by atoms with Gasteiger partial charge in [0, 0.05) is 17.5 Å². The molecule has 0 spiro atoms. The summed E-state index contributed by atoms with van der Waals surface area (Å²) in [5, 5.41) is 10.8. The summed E-state index contributed by atoms with van der Waals surface area (Å²) in [7, 11) is 5.68. The van der Waals surface area contributed by atoms with Gasteiger partial charge in [0.15, 0.2) is 29.6 Å². The topological polar surface area (TPSA) is 140 Å². The number of hydrogen-bond acceptors (Lipinski definition) is 11. The van der Waals surface area contributed by atoms with Crippen LogP contribution < -0.4 is 29.1 Å². The van der Waals surface area contributed by atoms with Crippen LogP contribution in [-0.2, 0) is 14.3 Å². The van der Waals surface area contributed by atoms with Gasteiger partial charge in [-0.25, -0.2) is 4.79 Å². The molecule has 1 aliphatic rings. The van der Waals surface area contributed by atoms with Crippen LogP contribution in [0.4, 0.5) is 0 Å². The lowest BCUT2D eigenvalue weighted by Gasteiger charge is -2.26. The summed E-state index contributed by atoms with van der Waals surface area (Å²) >= 11 is 0. The second-order valence-corrected chi connectivity index (χ2v) is 9.07. The maximum absolute atomic E-state index is 13.7. The standard InChI is InChI=1S/C30H26O11/c1-35-20-7-6-16(9-22(20)37-3)18-13-40-30-27-17(11-25(32)41-24(27)12-19(31)28(30)29(18)34)15-5-8-21(36-2)23(10-15)39-14-26(33)38-4/h5-10,12-13,17,31H,11,14H2,1-4H3. The monoisotopic (exact) mass is 562 g/mol. The third-order valence-corrected chi connectivity index (χ3v) is 6.83. The average Bonchev–Trinajstić information content (AvgIpc) is 2.98. The van der Waals surface area contributed by atoms with Gasteiger partial charge in [-0.1, -0.05) is 12.1 Å². The molecular weight excluding hydrogens is 536 g/mol. The van der Waals surface area contributed by atoms with Crippen molar-refractivity contribution in [2.45, 2.75) is 12.3 Å². The first-order valence-electron chi connectivity index (χ1n) is 12.4. The summed E-state index contributed by atoms with van der Waals surface area (Å²) in [4.78, 5) is 38.0. The zero-order valence-corrected chi connectivity index (χ0v) is 22.6. The SMILES string of the molecule is COC(=O)COc1cc(C2CC(=O)Oc3cc(O)c4c(=O)c(-c5ccc(OC)c(OC)c5)coc4c32)ccc1OC. The van der Waals surface area contributed by atoms with Crippen molar-refractivity contribution >= 4 is 22.9 Å². The molecule has 0 amide bonds. The fourth-order valence-electron chi connectivity index (χ4n) is 4.84. The van der Waals surface area contributed by atoms with E-state index in [1.807, 2.05) is 0 Å². The minimum absolute atomic E-state index is 0.0612. The summed E-state index contributed by atoms with van der Waals surface area (Å²) in [6, 6.07) is 11.2. The van der Waals surface area contributed by atoms with Gasteiger partial charge < -0.3 is 37.9 Å². The van der Waals surface area contributed by atoms with Gasteiger partial charge in [0.05, 0.1) is 40.4 Å². The molecule has 212 valence electrons. The highest BCUT2D eigenvalue weighted by atomic mass is 16.6. The minimum atomic E-state index is -0.643. The molecule has 1 unspecified atom stereocenters. The number of phenols is 1. The molecule has 41 heavy (non-hydrogen) atoms. The summed E-state index contributed by atoms with van der Waals surface area (Å²) in [6.07, 6.45) is 1.20. The Kier molecular flexibility index (Phi) is 7.43. The van der Waals surface area contributed by atoms with Crippen LogP contribution >= 0.6 is 0 Å². The first-order valence-corrected chi connectivity index (χ1v) is 12.4. The molecule has 0 saturated heterocycles. The van der Waals surface area contributed by atoms with Crippen molar-refractivity contribution in [3.8, 4) is 45.6 Å². The molecule has 0 aliphatic carbocycles. The van der Waals surface area contributed by atoms with Gasteiger partial charge in [-0.15, -0.1) is 0 Å². The Morgan fingerprint density at radius 2 is 1.63 bits per heavy atom. The number of rotatable bonds is 8. The number of ether oxygens (including phenoxy) is 6. The van der Waals surface area contributed by atoms with Gasteiger partial charge in [0.25, 0.3) is 0 Å². The van der Waals surface area contributed by atoms with E-state index in [0.29, 0.717) is 33.9 Å². The molecular formula is C30H26O11. The number of carbonyl (C=O) groups excluding carboxylic acids is 2. The zero-order chi connectivity index (χ0) is 29.3. The number of benzene rings is 3. The van der Waals surface area contributed by atoms with Crippen molar-refractivity contribution in [3.05, 3.63) is 70.1 Å². The van der Waals surface area contributed by atoms with Crippen LogP contribution in [0, 0.1) is 0 Å². The number of esters is 2. The summed E-state index contributed by atoms with van der Waals surface area (Å²) in [6.45, 7) is -0.357. The molecule has 11 heteroatoms. The molecule has 11 nitrogen and oxygen atoms in total. The molecule has 1 aliphatic heterocycles. The highest BCUT2D eigenvalue weighted by molar-refractivity contribution is 5.94. The lowest BCUT2D eigenvalue weighted by Crippen LogP contribution is -2.22. The molecule has 1 N–H and O–H groups in total. The number of aromatic hydroxyl groups is 1. The van der Waals surface area contributed by atoms with Gasteiger partial charge in [-0.2, -0.15) is 0 Å². The van der Waals surface area contributed by atoms with E-state index in [9.17, 15) is 19.5 Å². The fraction of sp³-hybridized carbons (Fsp3) is 0.233. The third-order valence-electron chi connectivity index (χ3n) is 6.83. The van der Waals surface area contributed by atoms with E-state index in [4.69, 9.17) is 28.1 Å². The van der Waals surface area contributed by atoms with Crippen molar-refractivity contribution in [2.75, 3.05) is 35.0 Å². The predicted octanol–water partition coefficient (Wildman–Crippen LogP) is 4.18. The average molecular weight is 563 g/mol. The quantitative estimate of drug-likeness (QED) is 0.244. The van der Waals surface area contributed by atoms with Crippen LogP contribution in [0.25, 0.3) is 22.1 Å². The number of phenolic OH excluding ortho intramolecular Hbond substituents is 1. The van der Waals surface area contributed by atoms with Crippen molar-refractivity contribution in [3.63, 3.8) is 0 Å². The molecule has 5 rings (SSSR count). The van der Waals surface area contributed by atoms with Crippen LogP contribution in [0.2, 0.25) is 0 Å². The summed E-state index contributed by atoms with van der Waals surface area (Å²) in [5.41, 5.74) is 1.24. The first-order chi connectivity index (χ1) is 19.8. The Morgan fingerprint density at radius 1 is 0.927 bits per heavy atom. The Bertz CT molecular complexity index is 1720. The van der Waals surface area contributed by atoms with Crippen LogP contribution in [0.15, 0.2) is 57.9 Å². The number of hydrogen-bond donors (Lipinski definition) is 1. The van der Waals surface area contributed by atoms with E-state index in [1.54, 1.807) is 36.4 Å². The molecule has 0 bridgehead atoms. The summed E-state index contributed by atoms with van der Waals surface area (Å²) < 4.78 is 37.7. The van der Waals surface area contributed by atoms with Gasteiger partial charge in [-0.3, -0.25) is 9.59 Å². The molecule has 1 atom stereocenters. The lowest BCUT2D eigenvalue weighted by atomic mass is 9.84. The van der Waals surface area contributed by atoms with Crippen molar-refractivity contribution in [1.82, 2.24) is 0 Å². The largest absolute Gasteiger partial charge is 0.507 e. The maximum atomic E-state index is 13.7. The molecule has 3 aromatic carbocycles. The Morgan fingerprint density at radius 3 is 2.34 bits per heavy atom. The lowest BCUT2D eigenvalue weighted by molar-refractivity contribution is -0.143. The Balaban J connectivity index is 1.66. The normalized spacial score (nSPS) is 14.1. The van der Waals surface area contributed by atoms with E-state index in [0.717, 1.165) is 0 Å². The molecule has 2 heterocycles. The number of methoxy groups -OCH3 is 4. The van der Waals surface area contributed by atoms with Gasteiger partial charge >= 0.3 is 11.9 Å². The van der Waals surface area contributed by atoms with E-state index in [2.05, 4.69) is 4.74 Å². The molecule has 1 aromatic heterocycles. The highest BCUT2D eigenvalue weighted by Crippen LogP contribution is 2.47. The van der Waals surface area contributed by atoms with Crippen LogP contribution in [0.1, 0.15) is 23.5 Å². The fourth-order valence-corrected chi connectivity index (χ4v) is 4.84. The predicted molar refractivity (Wildman–Crippen MR) is 145 cm³/mol. The van der Waals surface area contributed by atoms with Crippen molar-refractivity contribution in [1.29, 1.82) is 0 Å². The van der Waals surface area contributed by atoms with E-state index < -0.39 is 29.0 Å². The molecule has 0 fully saturated rings. The second kappa shape index (κ2) is 11.1. The third kappa shape index (κ3) is 4.97. The van der Waals surface area contributed by atoms with Crippen LogP contribution in [0.5, 0.6) is 34.5 Å². The van der Waals surface area contributed by atoms with Crippen LogP contribution in [-0.4, -0.2) is 52.1 Å². The van der Waals surface area contributed by atoms with Crippen molar-refractivity contribution < 1.29 is 47.5 Å². The van der Waals surface area contributed by atoms with Crippen LogP contribution in [0.3, 0.4) is 0 Å². The maximum Gasteiger partial charge on any atom is 0.343 e. The smallest absolute Gasteiger partial charge is 0.343 e. The van der Waals surface area contributed by atoms with E-state index in [1.165, 1.54) is 40.8 Å². The van der Waals surface area contributed by atoms with Gasteiger partial charge in [-0.05, 0) is 35.4 Å². The number of fused-ring (bicyclic) bond motifs is 3. The zero-order valence-electron chi connectivity index (χ0n) is 22.6. The molecule has 4 aromatic rings. The molecule has 0 saturated carbocycles. The Labute approximate surface area is 233 Å². The summed E-state index contributed by atoms with van der Waals surface area (Å²) in [5.74, 6) is -0.611. The number of carbonyl (C=O) groups is 2. The minimum Gasteiger partial charge on any atom is -0.507 e. The van der Waals surface area contributed by atoms with Crippen molar-refractivity contribution in [2.24, 2.45) is 0 Å². The first kappa shape index (κ1) is 27.4. The van der Waals surface area contributed by atoms with E-state index in [-0.39, 0.29) is 41.1 Å². The second-order valence-electron chi connectivity index (χ2n) is 9.07. The molecule has 0 radical (unpaired) electrons. The van der Waals surface area contributed by atoms with Gasteiger partial charge in [0.1, 0.15) is 28.7 Å². The van der Waals surface area contributed by atoms with Gasteiger partial charge in [0.2, 0.25) is 5.43 Å². The van der Waals surface area contributed by atoms with E-state index >= 15 is 0 Å². The Hall–Kier alpha value is -5.19. The highest BCUT2D eigenvalue weighted by Gasteiger charge is 2.34.